The van der Waals surface area contributed by atoms with Gasteiger partial charge in [-0.3, -0.25) is 24.6 Å². The van der Waals surface area contributed by atoms with Crippen molar-refractivity contribution in [2.75, 3.05) is 12.9 Å². The van der Waals surface area contributed by atoms with Crippen molar-refractivity contribution in [3.8, 4) is 0 Å². The molecular formula is C31H29Cl3F3N7O4S4. The third-order valence-electron chi connectivity index (χ3n) is 6.39. The van der Waals surface area contributed by atoms with Crippen molar-refractivity contribution >= 4 is 115 Å². The average Bonchev–Trinajstić information content (AvgIpc) is 3.61. The number of nitro benzene ring substituents is 2. The lowest BCUT2D eigenvalue weighted by Gasteiger charge is -2.08. The number of nitrogens with two attached hydrogens (primary N) is 3. The van der Waals surface area contributed by atoms with Crippen LogP contribution in [0.15, 0.2) is 70.6 Å². The summed E-state index contributed by atoms with van der Waals surface area (Å²) in [6.07, 6.45) is 0.760. The zero-order valence-corrected chi connectivity index (χ0v) is 31.2. The van der Waals surface area contributed by atoms with Gasteiger partial charge in [0.25, 0.3) is 11.4 Å². The van der Waals surface area contributed by atoms with E-state index in [0.29, 0.717) is 62.4 Å². The van der Waals surface area contributed by atoms with E-state index in [0.717, 1.165) is 0 Å². The largest absolute Gasteiger partial charge is 0.399 e. The van der Waals surface area contributed by atoms with Gasteiger partial charge >= 0.3 is 0 Å². The number of anilines is 1. The molecule has 4 aromatic rings. The summed E-state index contributed by atoms with van der Waals surface area (Å²) in [7, 11) is 1.34. The molecule has 0 saturated heterocycles. The summed E-state index contributed by atoms with van der Waals surface area (Å²) in [5, 5.41) is 22.8. The van der Waals surface area contributed by atoms with Gasteiger partial charge in [0, 0.05) is 80.7 Å². The average molecular weight is 856 g/mol. The van der Waals surface area contributed by atoms with E-state index in [9.17, 15) is 33.4 Å². The van der Waals surface area contributed by atoms with Crippen LogP contribution in [-0.4, -0.2) is 28.7 Å². The number of benzene rings is 4. The highest BCUT2D eigenvalue weighted by atomic mass is 35.5. The second kappa shape index (κ2) is 22.1. The predicted octanol–water partition coefficient (Wildman–Crippen LogP) is 8.59. The highest BCUT2D eigenvalue weighted by Gasteiger charge is 2.28. The molecule has 0 bridgehead atoms. The number of fused-ring (bicyclic) bond motifs is 2. The lowest BCUT2D eigenvalue weighted by molar-refractivity contribution is -0.386. The topological polar surface area (TPSA) is 189 Å². The SMILES string of the molecule is C.NC1=Nc2ccc(Cc3cc(F)cc(Cl)c3)c([N+](=O)[O-])c2C1.NC1=Nc2ccc(Cl)c([N+](=O)[O-])c2C1.Nc1cc(F)cc(Cl)c1.S=S=S=S.[2H]CF. The number of aliphatic imine (C=N–C) groups is 2. The van der Waals surface area contributed by atoms with Crippen LogP contribution in [-0.2, 0) is 59.4 Å². The predicted molar refractivity (Wildman–Crippen MR) is 214 cm³/mol. The van der Waals surface area contributed by atoms with Crippen LogP contribution in [0, 0.1) is 31.9 Å². The van der Waals surface area contributed by atoms with Crippen LogP contribution in [0.3, 0.4) is 0 Å². The molecule has 2 aliphatic rings. The maximum Gasteiger partial charge on any atom is 0.293 e. The van der Waals surface area contributed by atoms with Crippen molar-refractivity contribution in [3.05, 3.63) is 130 Å². The first-order valence-corrected chi connectivity index (χ1v) is 18.7. The first-order chi connectivity index (χ1) is 24.5. The summed E-state index contributed by atoms with van der Waals surface area (Å²) in [5.74, 6) is -0.145. The molecule has 0 amide bonds. The quantitative estimate of drug-likeness (QED) is 0.103. The number of halogens is 6. The Morgan fingerprint density at radius 1 is 0.808 bits per heavy atom. The summed E-state index contributed by atoms with van der Waals surface area (Å²) >= 11 is 25.6. The molecule has 2 heterocycles. The summed E-state index contributed by atoms with van der Waals surface area (Å²) < 4.78 is 41.2. The first-order valence-electron chi connectivity index (χ1n) is 14.3. The van der Waals surface area contributed by atoms with E-state index in [-0.39, 0.29) is 41.7 Å². The number of amidine groups is 2. The van der Waals surface area contributed by atoms with E-state index in [4.69, 9.17) is 53.4 Å². The van der Waals surface area contributed by atoms with Crippen LogP contribution in [0.25, 0.3) is 0 Å². The number of alkyl halides is 1. The van der Waals surface area contributed by atoms with Gasteiger partial charge in [0.05, 0.1) is 40.9 Å². The molecule has 4 aromatic carbocycles. The Kier molecular flexibility index (Phi) is 18.8. The minimum atomic E-state index is -1.00. The van der Waals surface area contributed by atoms with Crippen LogP contribution < -0.4 is 17.2 Å². The summed E-state index contributed by atoms with van der Waals surface area (Å²) in [6.45, 7) is 0. The van der Waals surface area contributed by atoms with Crippen molar-refractivity contribution in [2.45, 2.75) is 26.7 Å². The van der Waals surface area contributed by atoms with Gasteiger partial charge in [-0.2, -0.15) is 0 Å². The lowest BCUT2D eigenvalue weighted by Crippen LogP contribution is -2.11. The number of hydrogen-bond acceptors (Lipinski definition) is 11. The van der Waals surface area contributed by atoms with Gasteiger partial charge in [0.2, 0.25) is 0 Å². The highest BCUT2D eigenvalue weighted by molar-refractivity contribution is 8.51. The van der Waals surface area contributed by atoms with Crippen molar-refractivity contribution in [1.82, 2.24) is 0 Å². The molecule has 278 valence electrons. The monoisotopic (exact) mass is 854 g/mol. The fourth-order valence-electron chi connectivity index (χ4n) is 4.66. The van der Waals surface area contributed by atoms with E-state index in [1.165, 1.54) is 54.2 Å². The Morgan fingerprint density at radius 3 is 1.71 bits per heavy atom. The minimum absolute atomic E-state index is 0. The lowest BCUT2D eigenvalue weighted by atomic mass is 9.98. The molecule has 0 aliphatic carbocycles. The van der Waals surface area contributed by atoms with Gasteiger partial charge in [0.1, 0.15) is 28.3 Å². The van der Waals surface area contributed by atoms with E-state index in [2.05, 4.69) is 32.4 Å². The van der Waals surface area contributed by atoms with Gasteiger partial charge in [-0.15, -0.1) is 0 Å². The number of nitrogens with zero attached hydrogens (tertiary/aromatic N) is 4. The third kappa shape index (κ3) is 13.5. The highest BCUT2D eigenvalue weighted by Crippen LogP contribution is 2.39. The van der Waals surface area contributed by atoms with Gasteiger partial charge in [-0.05, 0) is 66.2 Å². The number of rotatable bonds is 4. The van der Waals surface area contributed by atoms with E-state index < -0.39 is 28.6 Å². The first kappa shape index (κ1) is 44.1. The summed E-state index contributed by atoms with van der Waals surface area (Å²) in [4.78, 5) is 29.2. The van der Waals surface area contributed by atoms with Crippen molar-refractivity contribution in [2.24, 2.45) is 21.5 Å². The van der Waals surface area contributed by atoms with E-state index in [1.54, 1.807) is 24.3 Å². The van der Waals surface area contributed by atoms with Crippen LogP contribution in [0.5, 0.6) is 0 Å². The van der Waals surface area contributed by atoms with Crippen LogP contribution >= 0.6 is 34.8 Å². The van der Waals surface area contributed by atoms with Gasteiger partial charge in [-0.25, -0.2) is 18.8 Å². The molecule has 0 radical (unpaired) electrons. The maximum atomic E-state index is 13.4. The molecule has 0 fully saturated rings. The molecule has 6 N–H and O–H groups in total. The molecule has 21 heteroatoms. The fourth-order valence-corrected chi connectivity index (χ4v) is 5.38. The smallest absolute Gasteiger partial charge is 0.293 e. The molecule has 0 saturated carbocycles. The van der Waals surface area contributed by atoms with Crippen molar-refractivity contribution < 1.29 is 24.4 Å². The zero-order chi connectivity index (χ0) is 39.1. The zero-order valence-electron chi connectivity index (χ0n) is 26.7. The van der Waals surface area contributed by atoms with Crippen LogP contribution in [0.4, 0.5) is 41.6 Å². The Balaban J connectivity index is 0.000000388. The Morgan fingerprint density at radius 2 is 1.27 bits per heavy atom. The molecule has 6 rings (SSSR count). The number of hydrogen-bond donors (Lipinski definition) is 3. The van der Waals surface area contributed by atoms with Crippen LogP contribution in [0.1, 0.15) is 31.1 Å². The molecule has 0 unspecified atom stereocenters. The van der Waals surface area contributed by atoms with Crippen molar-refractivity contribution in [3.63, 3.8) is 0 Å². The molecule has 0 aromatic heterocycles. The van der Waals surface area contributed by atoms with Gasteiger partial charge in [0.15, 0.2) is 0 Å². The Hall–Kier alpha value is -4.04. The molecule has 0 atom stereocenters. The van der Waals surface area contributed by atoms with Gasteiger partial charge < -0.3 is 17.2 Å². The van der Waals surface area contributed by atoms with E-state index in [1.807, 2.05) is 0 Å². The van der Waals surface area contributed by atoms with Gasteiger partial charge in [-0.1, -0.05) is 42.2 Å². The van der Waals surface area contributed by atoms with Crippen LogP contribution in [0.2, 0.25) is 15.1 Å². The Bertz CT molecular complexity index is 2050. The normalized spacial score (nSPS) is 11.5. The van der Waals surface area contributed by atoms with E-state index >= 15 is 0 Å². The third-order valence-corrected chi connectivity index (χ3v) is 9.35. The standard InChI is InChI=1S/C15H11ClFN3O2.C8H6ClN3O2.C6H5ClFN.CH3F.CH4.S4/c16-10-4-8(5-11(17)6-10)3-9-1-2-13-12(7-14(18)19-13)15(9)20(21)22;9-5-1-2-6-4(3-7(10)11-6)8(5)12(13)14;7-4-1-5(8)3-6(9)2-4;1-2;;1-3-4-2/h1-2,4-6H,3,7H2,(H2,18,19);1-2H,3H2,(H2,10,11);1-3H,9H2;1H3;1H4;/i;;;1D;;. The molecule has 11 nitrogen and oxygen atoms in total. The summed E-state index contributed by atoms with van der Waals surface area (Å²) in [5.41, 5.74) is 19.7. The van der Waals surface area contributed by atoms with Crippen molar-refractivity contribution in [1.29, 1.82) is 0 Å². The molecule has 0 spiro atoms. The molecule has 52 heavy (non-hydrogen) atoms. The molecular weight excluding hydrogens is 826 g/mol. The maximum absolute atomic E-state index is 13.4. The second-order valence-corrected chi connectivity index (χ2v) is 14.7. The fraction of sp³-hybridized carbons (Fsp3) is 0.161. The summed E-state index contributed by atoms with van der Waals surface area (Å²) in [6, 6.07) is 14.4. The minimum Gasteiger partial charge on any atom is -0.399 e. The molecule has 2 aliphatic heterocycles. The Labute approximate surface area is 328 Å². The number of nitrogen functional groups attached to an aromatic ring is 1. The second-order valence-electron chi connectivity index (χ2n) is 9.83. The number of nitro groups is 2.